The fraction of sp³-hybridized carbons (Fsp3) is 0.385. The highest BCUT2D eigenvalue weighted by atomic mass is 79.9. The highest BCUT2D eigenvalue weighted by Gasteiger charge is 2.18. The number of nitrogens with one attached hydrogen (secondary N) is 2. The van der Waals surface area contributed by atoms with E-state index < -0.39 is 10.0 Å². The van der Waals surface area contributed by atoms with Crippen LogP contribution in [0.1, 0.15) is 22.2 Å². The van der Waals surface area contributed by atoms with Crippen molar-refractivity contribution in [2.24, 2.45) is 0 Å². The van der Waals surface area contributed by atoms with Crippen molar-refractivity contribution in [2.75, 3.05) is 6.54 Å². The molecule has 0 aliphatic rings. The standard InChI is InChI=1S/C13H17BrN2O2S3/c1-3-15-7-12-9(2)4-13(20-12)21(17,18)16-6-11-5-10(14)8-19-11/h4-5,8,15-16H,3,6-7H2,1-2H3. The molecule has 0 fully saturated rings. The summed E-state index contributed by atoms with van der Waals surface area (Å²) in [4.78, 5) is 2.04. The first-order valence-corrected chi connectivity index (χ1v) is 10.4. The molecule has 2 heterocycles. The van der Waals surface area contributed by atoms with Crippen LogP contribution >= 0.6 is 38.6 Å². The van der Waals surface area contributed by atoms with Crippen LogP contribution < -0.4 is 10.0 Å². The van der Waals surface area contributed by atoms with Gasteiger partial charge in [0, 0.05) is 32.7 Å². The molecule has 0 saturated carbocycles. The summed E-state index contributed by atoms with van der Waals surface area (Å²) in [7, 11) is -3.44. The third kappa shape index (κ3) is 4.61. The van der Waals surface area contributed by atoms with Gasteiger partial charge in [0.2, 0.25) is 10.0 Å². The molecule has 0 atom stereocenters. The molecule has 2 aromatic heterocycles. The largest absolute Gasteiger partial charge is 0.312 e. The van der Waals surface area contributed by atoms with Crippen LogP contribution in [-0.2, 0) is 23.1 Å². The molecule has 8 heteroatoms. The second-order valence-electron chi connectivity index (χ2n) is 4.51. The zero-order valence-electron chi connectivity index (χ0n) is 11.8. The number of hydrogen-bond acceptors (Lipinski definition) is 5. The van der Waals surface area contributed by atoms with Gasteiger partial charge in [-0.2, -0.15) is 0 Å². The van der Waals surface area contributed by atoms with Gasteiger partial charge in [0.15, 0.2) is 0 Å². The second kappa shape index (κ2) is 7.34. The highest BCUT2D eigenvalue weighted by Crippen LogP contribution is 2.26. The zero-order chi connectivity index (χ0) is 15.5. The van der Waals surface area contributed by atoms with Gasteiger partial charge in [-0.05, 0) is 47.1 Å². The van der Waals surface area contributed by atoms with Crippen LogP contribution in [-0.4, -0.2) is 15.0 Å². The van der Waals surface area contributed by atoms with Crippen molar-refractivity contribution >= 4 is 48.6 Å². The number of hydrogen-bond donors (Lipinski definition) is 2. The van der Waals surface area contributed by atoms with Crippen molar-refractivity contribution in [3.8, 4) is 0 Å². The lowest BCUT2D eigenvalue weighted by molar-refractivity contribution is 0.584. The van der Waals surface area contributed by atoms with Crippen molar-refractivity contribution in [2.45, 2.75) is 31.1 Å². The fourth-order valence-corrected chi connectivity index (χ4v) is 5.81. The summed E-state index contributed by atoms with van der Waals surface area (Å²) in [5, 5.41) is 5.16. The predicted octanol–water partition coefficient (Wildman–Crippen LogP) is 3.47. The minimum absolute atomic E-state index is 0.318. The van der Waals surface area contributed by atoms with E-state index in [9.17, 15) is 8.42 Å². The predicted molar refractivity (Wildman–Crippen MR) is 92.5 cm³/mol. The molecule has 0 aromatic carbocycles. The number of halogens is 1. The molecule has 2 rings (SSSR count). The molecule has 0 aliphatic carbocycles. The molecule has 0 radical (unpaired) electrons. The molecule has 0 spiro atoms. The summed E-state index contributed by atoms with van der Waals surface area (Å²) >= 11 is 6.22. The Morgan fingerprint density at radius 2 is 2.05 bits per heavy atom. The number of rotatable bonds is 7. The fourth-order valence-electron chi connectivity index (χ4n) is 1.72. The molecule has 2 aromatic rings. The van der Waals surface area contributed by atoms with Gasteiger partial charge in [0.05, 0.1) is 0 Å². The monoisotopic (exact) mass is 408 g/mol. The van der Waals surface area contributed by atoms with Gasteiger partial charge in [-0.3, -0.25) is 0 Å². The summed E-state index contributed by atoms with van der Waals surface area (Å²) in [6, 6.07) is 3.66. The topological polar surface area (TPSA) is 58.2 Å². The molecular formula is C13H17BrN2O2S3. The first-order valence-electron chi connectivity index (χ1n) is 6.45. The van der Waals surface area contributed by atoms with Crippen LogP contribution in [0.25, 0.3) is 0 Å². The molecule has 4 nitrogen and oxygen atoms in total. The van der Waals surface area contributed by atoms with Gasteiger partial charge >= 0.3 is 0 Å². The lowest BCUT2D eigenvalue weighted by atomic mass is 10.3. The summed E-state index contributed by atoms with van der Waals surface area (Å²) in [5.41, 5.74) is 1.01. The third-order valence-electron chi connectivity index (χ3n) is 2.86. The van der Waals surface area contributed by atoms with Gasteiger partial charge in [0.25, 0.3) is 0 Å². The van der Waals surface area contributed by atoms with Gasteiger partial charge in [-0.15, -0.1) is 22.7 Å². The zero-order valence-corrected chi connectivity index (χ0v) is 15.8. The minimum atomic E-state index is -3.44. The van der Waals surface area contributed by atoms with Crippen molar-refractivity contribution in [3.05, 3.63) is 37.3 Å². The second-order valence-corrected chi connectivity index (χ2v) is 9.55. The molecule has 0 bridgehead atoms. The van der Waals surface area contributed by atoms with Crippen molar-refractivity contribution in [3.63, 3.8) is 0 Å². The van der Waals surface area contributed by atoms with E-state index in [1.807, 2.05) is 25.3 Å². The van der Waals surface area contributed by atoms with Crippen LogP contribution in [0.15, 0.2) is 26.2 Å². The van der Waals surface area contributed by atoms with Crippen molar-refractivity contribution in [1.29, 1.82) is 0 Å². The average molecular weight is 409 g/mol. The van der Waals surface area contributed by atoms with Crippen LogP contribution in [0.2, 0.25) is 0 Å². The molecule has 0 aliphatic heterocycles. The van der Waals surface area contributed by atoms with E-state index in [0.29, 0.717) is 17.3 Å². The third-order valence-corrected chi connectivity index (χ3v) is 7.67. The SMILES string of the molecule is CCNCc1sc(S(=O)(=O)NCc2cc(Br)cs2)cc1C. The Morgan fingerprint density at radius 3 is 2.67 bits per heavy atom. The van der Waals surface area contributed by atoms with Gasteiger partial charge in [-0.1, -0.05) is 6.92 Å². The Morgan fingerprint density at radius 1 is 1.29 bits per heavy atom. The first kappa shape index (κ1) is 17.1. The maximum absolute atomic E-state index is 12.3. The van der Waals surface area contributed by atoms with Gasteiger partial charge < -0.3 is 5.32 Å². The van der Waals surface area contributed by atoms with Gasteiger partial charge in [0.1, 0.15) is 4.21 Å². The Labute approximate surface area is 141 Å². The molecule has 21 heavy (non-hydrogen) atoms. The average Bonchev–Trinajstić information content (AvgIpc) is 3.01. The van der Waals surface area contributed by atoms with E-state index >= 15 is 0 Å². The van der Waals surface area contributed by atoms with Crippen molar-refractivity contribution in [1.82, 2.24) is 10.0 Å². The van der Waals surface area contributed by atoms with Crippen LogP contribution in [0, 0.1) is 6.92 Å². The van der Waals surface area contributed by atoms with E-state index in [1.54, 1.807) is 6.07 Å². The Balaban J connectivity index is 2.08. The molecule has 0 amide bonds. The van der Waals surface area contributed by atoms with E-state index in [1.165, 1.54) is 22.7 Å². The smallest absolute Gasteiger partial charge is 0.250 e. The number of aryl methyl sites for hydroxylation is 1. The van der Waals surface area contributed by atoms with Crippen molar-refractivity contribution < 1.29 is 8.42 Å². The Kier molecular flexibility index (Phi) is 5.98. The van der Waals surface area contributed by atoms with E-state index in [-0.39, 0.29) is 0 Å². The van der Waals surface area contributed by atoms with Crippen LogP contribution in [0.3, 0.4) is 0 Å². The Bertz CT molecular complexity index is 707. The molecular weight excluding hydrogens is 392 g/mol. The van der Waals surface area contributed by atoms with Crippen LogP contribution in [0.5, 0.6) is 0 Å². The number of sulfonamides is 1. The maximum Gasteiger partial charge on any atom is 0.250 e. The van der Waals surface area contributed by atoms with E-state index in [0.717, 1.165) is 26.3 Å². The quantitative estimate of drug-likeness (QED) is 0.736. The Hall–Kier alpha value is -0.250. The van der Waals surface area contributed by atoms with E-state index in [2.05, 4.69) is 26.0 Å². The minimum Gasteiger partial charge on any atom is -0.312 e. The molecule has 116 valence electrons. The van der Waals surface area contributed by atoms with Gasteiger partial charge in [-0.25, -0.2) is 13.1 Å². The molecule has 0 saturated heterocycles. The summed E-state index contributed by atoms with van der Waals surface area (Å²) in [6.45, 7) is 5.86. The lowest BCUT2D eigenvalue weighted by Gasteiger charge is -2.02. The molecule has 0 unspecified atom stereocenters. The highest BCUT2D eigenvalue weighted by molar-refractivity contribution is 9.10. The normalized spacial score (nSPS) is 12.0. The maximum atomic E-state index is 12.3. The summed E-state index contributed by atoms with van der Waals surface area (Å²) in [6.07, 6.45) is 0. The number of thiophene rings is 2. The van der Waals surface area contributed by atoms with Crippen LogP contribution in [0.4, 0.5) is 0 Å². The van der Waals surface area contributed by atoms with E-state index in [4.69, 9.17) is 0 Å². The lowest BCUT2D eigenvalue weighted by Crippen LogP contribution is -2.21. The summed E-state index contributed by atoms with van der Waals surface area (Å²) < 4.78 is 28.7. The molecule has 2 N–H and O–H groups in total. The first-order chi connectivity index (χ1) is 9.92. The summed E-state index contributed by atoms with van der Waals surface area (Å²) in [5.74, 6) is 0.